The van der Waals surface area contributed by atoms with Crippen molar-refractivity contribution >= 4 is 11.4 Å². The van der Waals surface area contributed by atoms with Crippen LogP contribution in [0.2, 0.25) is 0 Å². The van der Waals surface area contributed by atoms with Crippen LogP contribution in [0.15, 0.2) is 97.6 Å². The van der Waals surface area contributed by atoms with E-state index in [4.69, 9.17) is 0 Å². The maximum Gasteiger partial charge on any atom is 0.272 e. The minimum atomic E-state index is -0.212. The highest BCUT2D eigenvalue weighted by molar-refractivity contribution is 5.92. The summed E-state index contributed by atoms with van der Waals surface area (Å²) in [5.74, 6) is 0.660. The number of nitrogens with zero attached hydrogens (tertiary/aromatic N) is 4. The van der Waals surface area contributed by atoms with Crippen LogP contribution >= 0.6 is 0 Å². The highest BCUT2D eigenvalue weighted by atomic mass is 16.1. The quantitative estimate of drug-likeness (QED) is 0.489. The molecule has 5 rings (SSSR count). The van der Waals surface area contributed by atoms with Gasteiger partial charge >= 0.3 is 0 Å². The van der Waals surface area contributed by atoms with Gasteiger partial charge in [-0.2, -0.15) is 5.10 Å². The van der Waals surface area contributed by atoms with E-state index in [0.29, 0.717) is 12.2 Å². The molecule has 4 heterocycles. The Morgan fingerprint density at radius 1 is 0.867 bits per heavy atom. The molecule has 0 aliphatic rings. The molecule has 1 aromatic carbocycles. The van der Waals surface area contributed by atoms with Gasteiger partial charge in [-0.3, -0.25) is 9.78 Å². The van der Waals surface area contributed by atoms with Crippen molar-refractivity contribution in [3.05, 3.63) is 109 Å². The second-order valence-corrected chi connectivity index (χ2v) is 6.95. The summed E-state index contributed by atoms with van der Waals surface area (Å²) in [6.45, 7) is 0.433. The lowest BCUT2D eigenvalue weighted by Crippen LogP contribution is -2.23. The number of amides is 1. The van der Waals surface area contributed by atoms with Crippen molar-refractivity contribution < 1.29 is 4.79 Å². The first-order chi connectivity index (χ1) is 14.8. The summed E-state index contributed by atoms with van der Waals surface area (Å²) >= 11 is 0. The number of pyridine rings is 2. The maximum absolute atomic E-state index is 12.5. The zero-order valence-corrected chi connectivity index (χ0v) is 16.1. The molecule has 0 bridgehead atoms. The molecule has 0 saturated carbocycles. The zero-order valence-electron chi connectivity index (χ0n) is 16.1. The second kappa shape index (κ2) is 7.67. The minimum absolute atomic E-state index is 0.212. The molecule has 146 valence electrons. The van der Waals surface area contributed by atoms with Crippen LogP contribution in [0.4, 0.5) is 0 Å². The third kappa shape index (κ3) is 3.46. The Bertz CT molecular complexity index is 1310. The number of fused-ring (bicyclic) bond motifs is 1. The number of carbonyl (C=O) groups is 1. The van der Waals surface area contributed by atoms with E-state index < -0.39 is 0 Å². The predicted octanol–water partition coefficient (Wildman–Crippen LogP) is 4.12. The summed E-state index contributed by atoms with van der Waals surface area (Å²) < 4.78 is 3.80. The SMILES string of the molecule is O=C(NCc1ccncc1)c1ccn(-c2ccc3ccc(-c4ccccc4)cn23)n1. The fourth-order valence-electron chi connectivity index (χ4n) is 3.42. The smallest absolute Gasteiger partial charge is 0.272 e. The molecular formula is C24H19N5O. The third-order valence-corrected chi connectivity index (χ3v) is 5.00. The van der Waals surface area contributed by atoms with E-state index in [1.165, 1.54) is 0 Å². The van der Waals surface area contributed by atoms with E-state index in [-0.39, 0.29) is 5.91 Å². The Balaban J connectivity index is 1.41. The van der Waals surface area contributed by atoms with Crippen LogP contribution in [0.5, 0.6) is 0 Å². The van der Waals surface area contributed by atoms with Crippen molar-refractivity contribution in [2.75, 3.05) is 0 Å². The van der Waals surface area contributed by atoms with E-state index in [0.717, 1.165) is 28.0 Å². The van der Waals surface area contributed by atoms with Gasteiger partial charge in [0, 0.05) is 36.8 Å². The number of carbonyl (C=O) groups excluding carboxylic acids is 1. The van der Waals surface area contributed by atoms with Gasteiger partial charge < -0.3 is 9.72 Å². The van der Waals surface area contributed by atoms with Crippen molar-refractivity contribution in [3.63, 3.8) is 0 Å². The number of nitrogens with one attached hydrogen (secondary N) is 1. The first-order valence-corrected chi connectivity index (χ1v) is 9.68. The monoisotopic (exact) mass is 393 g/mol. The Hall–Kier alpha value is -4.19. The highest BCUT2D eigenvalue weighted by Crippen LogP contribution is 2.22. The van der Waals surface area contributed by atoms with Crippen LogP contribution in [0.1, 0.15) is 16.1 Å². The summed E-state index contributed by atoms with van der Waals surface area (Å²) in [6, 6.07) is 23.9. The fourth-order valence-corrected chi connectivity index (χ4v) is 3.42. The zero-order chi connectivity index (χ0) is 20.3. The van der Waals surface area contributed by atoms with E-state index in [1.807, 2.05) is 42.5 Å². The Morgan fingerprint density at radius 3 is 2.50 bits per heavy atom. The normalized spacial score (nSPS) is 10.9. The summed E-state index contributed by atoms with van der Waals surface area (Å²) in [4.78, 5) is 16.5. The molecule has 4 aromatic heterocycles. The van der Waals surface area contributed by atoms with Gasteiger partial charge in [-0.25, -0.2) is 4.68 Å². The summed E-state index contributed by atoms with van der Waals surface area (Å²) in [5, 5.41) is 7.38. The van der Waals surface area contributed by atoms with Gasteiger partial charge in [0.15, 0.2) is 5.69 Å². The maximum atomic E-state index is 12.5. The van der Waals surface area contributed by atoms with Crippen LogP contribution in [0.25, 0.3) is 22.5 Å². The average Bonchev–Trinajstić information content (AvgIpc) is 3.45. The molecule has 0 saturated heterocycles. The molecule has 0 unspecified atom stereocenters. The van der Waals surface area contributed by atoms with Crippen molar-refractivity contribution in [2.45, 2.75) is 6.54 Å². The summed E-state index contributed by atoms with van der Waals surface area (Å²) in [7, 11) is 0. The van der Waals surface area contributed by atoms with Gasteiger partial charge in [0.05, 0.1) is 0 Å². The molecule has 0 spiro atoms. The molecule has 6 heteroatoms. The van der Waals surface area contributed by atoms with Crippen LogP contribution < -0.4 is 5.32 Å². The first kappa shape index (κ1) is 17.9. The summed E-state index contributed by atoms with van der Waals surface area (Å²) in [5.41, 5.74) is 4.68. The fraction of sp³-hybridized carbons (Fsp3) is 0.0417. The minimum Gasteiger partial charge on any atom is -0.347 e. The number of rotatable bonds is 5. The predicted molar refractivity (Wildman–Crippen MR) is 115 cm³/mol. The number of benzene rings is 1. The van der Waals surface area contributed by atoms with Gasteiger partial charge in [-0.05, 0) is 53.1 Å². The molecule has 1 N–H and O–H groups in total. The second-order valence-electron chi connectivity index (χ2n) is 6.95. The molecule has 0 fully saturated rings. The number of aromatic nitrogens is 4. The summed E-state index contributed by atoms with van der Waals surface area (Å²) in [6.07, 6.45) is 7.30. The molecule has 30 heavy (non-hydrogen) atoms. The van der Waals surface area contributed by atoms with Crippen molar-refractivity contribution in [2.24, 2.45) is 0 Å². The standard InChI is InChI=1S/C24H19N5O/c30-24(26-16-18-10-13-25-14-11-18)22-12-15-29(27-22)23-9-8-21-7-6-20(17-28(21)23)19-4-2-1-3-5-19/h1-15,17H,16H2,(H,26,30). The highest BCUT2D eigenvalue weighted by Gasteiger charge is 2.12. The first-order valence-electron chi connectivity index (χ1n) is 9.68. The molecule has 6 nitrogen and oxygen atoms in total. The topological polar surface area (TPSA) is 64.2 Å². The van der Waals surface area contributed by atoms with E-state index in [1.54, 1.807) is 29.3 Å². The van der Waals surface area contributed by atoms with Crippen LogP contribution in [-0.2, 0) is 6.54 Å². The lowest BCUT2D eigenvalue weighted by molar-refractivity contribution is 0.0945. The largest absolute Gasteiger partial charge is 0.347 e. The van der Waals surface area contributed by atoms with Gasteiger partial charge in [0.2, 0.25) is 0 Å². The van der Waals surface area contributed by atoms with Gasteiger partial charge in [-0.1, -0.05) is 36.4 Å². The number of hydrogen-bond donors (Lipinski definition) is 1. The van der Waals surface area contributed by atoms with Crippen LogP contribution in [-0.4, -0.2) is 25.1 Å². The van der Waals surface area contributed by atoms with E-state index >= 15 is 0 Å². The average molecular weight is 393 g/mol. The Kier molecular flexibility index (Phi) is 4.57. The molecular weight excluding hydrogens is 374 g/mol. The molecule has 0 aliphatic heterocycles. The van der Waals surface area contributed by atoms with Gasteiger partial charge in [-0.15, -0.1) is 0 Å². The Morgan fingerprint density at radius 2 is 1.67 bits per heavy atom. The Labute approximate surface area is 173 Å². The molecule has 0 atom stereocenters. The van der Waals surface area contributed by atoms with Crippen molar-refractivity contribution in [1.29, 1.82) is 0 Å². The lowest BCUT2D eigenvalue weighted by Gasteiger charge is -2.07. The van der Waals surface area contributed by atoms with Crippen LogP contribution in [0.3, 0.4) is 0 Å². The van der Waals surface area contributed by atoms with Crippen LogP contribution in [0, 0.1) is 0 Å². The van der Waals surface area contributed by atoms with Gasteiger partial charge in [0.1, 0.15) is 5.82 Å². The molecule has 0 radical (unpaired) electrons. The van der Waals surface area contributed by atoms with Gasteiger partial charge in [0.25, 0.3) is 5.91 Å². The van der Waals surface area contributed by atoms with Crippen molar-refractivity contribution in [1.82, 2.24) is 24.5 Å². The lowest BCUT2D eigenvalue weighted by atomic mass is 10.1. The molecule has 5 aromatic rings. The molecule has 0 aliphatic carbocycles. The van der Waals surface area contributed by atoms with E-state index in [2.05, 4.69) is 50.3 Å². The van der Waals surface area contributed by atoms with E-state index in [9.17, 15) is 4.79 Å². The molecule has 1 amide bonds. The number of hydrogen-bond acceptors (Lipinski definition) is 3. The third-order valence-electron chi connectivity index (χ3n) is 5.00. The van der Waals surface area contributed by atoms with Crippen molar-refractivity contribution in [3.8, 4) is 16.9 Å².